The molecule has 0 amide bonds. The SMILES string of the molecule is COC(=O)c1cncc(-c2ccnn2C)n1. The Bertz CT molecular complexity index is 521. The number of ether oxygens (including phenoxy) is 1. The molecular weight excluding hydrogens is 208 g/mol. The quantitative estimate of drug-likeness (QED) is 0.692. The zero-order valence-corrected chi connectivity index (χ0v) is 8.91. The molecule has 0 aliphatic carbocycles. The molecule has 0 unspecified atom stereocenters. The Hall–Kier alpha value is -2.24. The summed E-state index contributed by atoms with van der Waals surface area (Å²) < 4.78 is 6.23. The van der Waals surface area contributed by atoms with E-state index in [9.17, 15) is 4.79 Å². The molecule has 2 rings (SSSR count). The molecular formula is C10H10N4O2. The van der Waals surface area contributed by atoms with Gasteiger partial charge in [0.05, 0.1) is 25.2 Å². The second kappa shape index (κ2) is 4.09. The van der Waals surface area contributed by atoms with Crippen LogP contribution in [0, 0.1) is 0 Å². The summed E-state index contributed by atoms with van der Waals surface area (Å²) in [6.45, 7) is 0. The zero-order valence-electron chi connectivity index (χ0n) is 8.91. The summed E-state index contributed by atoms with van der Waals surface area (Å²) >= 11 is 0. The number of carbonyl (C=O) groups is 1. The van der Waals surface area contributed by atoms with E-state index >= 15 is 0 Å². The molecule has 0 aromatic carbocycles. The second-order valence-electron chi connectivity index (χ2n) is 3.12. The summed E-state index contributed by atoms with van der Waals surface area (Å²) in [5, 5.41) is 4.02. The maximum atomic E-state index is 11.3. The lowest BCUT2D eigenvalue weighted by Gasteiger charge is -2.02. The maximum Gasteiger partial charge on any atom is 0.358 e. The first-order valence-electron chi connectivity index (χ1n) is 4.61. The van der Waals surface area contributed by atoms with Crippen LogP contribution in [0.2, 0.25) is 0 Å². The minimum absolute atomic E-state index is 0.182. The summed E-state index contributed by atoms with van der Waals surface area (Å²) in [4.78, 5) is 19.4. The summed E-state index contributed by atoms with van der Waals surface area (Å²) in [6, 6.07) is 1.80. The van der Waals surface area contributed by atoms with E-state index in [1.165, 1.54) is 13.3 Å². The number of hydrogen-bond acceptors (Lipinski definition) is 5. The molecule has 0 fully saturated rings. The average molecular weight is 218 g/mol. The van der Waals surface area contributed by atoms with Gasteiger partial charge in [-0.05, 0) is 6.07 Å². The van der Waals surface area contributed by atoms with Crippen molar-refractivity contribution in [1.82, 2.24) is 19.7 Å². The third-order valence-corrected chi connectivity index (χ3v) is 2.11. The van der Waals surface area contributed by atoms with Crippen LogP contribution in [-0.2, 0) is 11.8 Å². The molecule has 0 aliphatic rings. The van der Waals surface area contributed by atoms with E-state index in [2.05, 4.69) is 19.8 Å². The van der Waals surface area contributed by atoms with E-state index in [0.717, 1.165) is 5.69 Å². The predicted octanol–water partition coefficient (Wildman–Crippen LogP) is 0.664. The molecule has 0 bridgehead atoms. The van der Waals surface area contributed by atoms with Gasteiger partial charge in [0.1, 0.15) is 5.69 Å². The first kappa shape index (κ1) is 10.3. The number of carbonyl (C=O) groups excluding carboxylic acids is 1. The molecule has 16 heavy (non-hydrogen) atoms. The van der Waals surface area contributed by atoms with Crippen LogP contribution in [0.15, 0.2) is 24.7 Å². The molecule has 0 aliphatic heterocycles. The van der Waals surface area contributed by atoms with Crippen molar-refractivity contribution < 1.29 is 9.53 Å². The molecule has 2 heterocycles. The summed E-state index contributed by atoms with van der Waals surface area (Å²) in [5.41, 5.74) is 1.56. The van der Waals surface area contributed by atoms with Gasteiger partial charge >= 0.3 is 5.97 Å². The number of methoxy groups -OCH3 is 1. The van der Waals surface area contributed by atoms with Gasteiger partial charge in [-0.2, -0.15) is 5.10 Å². The van der Waals surface area contributed by atoms with Gasteiger partial charge in [0.15, 0.2) is 5.69 Å². The minimum Gasteiger partial charge on any atom is -0.464 e. The van der Waals surface area contributed by atoms with Crippen molar-refractivity contribution in [2.24, 2.45) is 7.05 Å². The van der Waals surface area contributed by atoms with Crippen LogP contribution >= 0.6 is 0 Å². The molecule has 82 valence electrons. The summed E-state index contributed by atoms with van der Waals surface area (Å²) in [5.74, 6) is -0.503. The van der Waals surface area contributed by atoms with Gasteiger partial charge in [0.25, 0.3) is 0 Å². The Labute approximate surface area is 91.9 Å². The second-order valence-corrected chi connectivity index (χ2v) is 3.12. The molecule has 2 aromatic rings. The standard InChI is InChI=1S/C10H10N4O2/c1-14-9(3-4-12-14)7-5-11-6-8(13-7)10(15)16-2/h3-6H,1-2H3. The molecule has 0 N–H and O–H groups in total. The van der Waals surface area contributed by atoms with Gasteiger partial charge in [-0.15, -0.1) is 0 Å². The fraction of sp³-hybridized carbons (Fsp3) is 0.200. The van der Waals surface area contributed by atoms with Gasteiger partial charge in [0.2, 0.25) is 0 Å². The Morgan fingerprint density at radius 3 is 2.88 bits per heavy atom. The Balaban J connectivity index is 2.44. The highest BCUT2D eigenvalue weighted by atomic mass is 16.5. The Kier molecular flexibility index (Phi) is 2.63. The highest BCUT2D eigenvalue weighted by Crippen LogP contribution is 2.14. The van der Waals surface area contributed by atoms with Crippen molar-refractivity contribution in [2.75, 3.05) is 7.11 Å². The number of hydrogen-bond donors (Lipinski definition) is 0. The number of aromatic nitrogens is 4. The van der Waals surface area contributed by atoms with Crippen molar-refractivity contribution in [3.8, 4) is 11.4 Å². The van der Waals surface area contributed by atoms with E-state index in [1.807, 2.05) is 0 Å². The third kappa shape index (κ3) is 1.77. The highest BCUT2D eigenvalue weighted by molar-refractivity contribution is 5.87. The third-order valence-electron chi connectivity index (χ3n) is 2.11. The van der Waals surface area contributed by atoms with Crippen molar-refractivity contribution >= 4 is 5.97 Å². The number of aryl methyl sites for hydroxylation is 1. The monoisotopic (exact) mass is 218 g/mol. The van der Waals surface area contributed by atoms with E-state index in [-0.39, 0.29) is 5.69 Å². The first-order valence-corrected chi connectivity index (χ1v) is 4.61. The minimum atomic E-state index is -0.503. The van der Waals surface area contributed by atoms with Crippen LogP contribution in [-0.4, -0.2) is 32.8 Å². The van der Waals surface area contributed by atoms with E-state index in [0.29, 0.717) is 5.69 Å². The van der Waals surface area contributed by atoms with Gasteiger partial charge in [-0.25, -0.2) is 9.78 Å². The summed E-state index contributed by atoms with van der Waals surface area (Å²) in [6.07, 6.45) is 4.59. The molecule has 0 atom stereocenters. The normalized spacial score (nSPS) is 10.1. The van der Waals surface area contributed by atoms with Crippen LogP contribution in [0.1, 0.15) is 10.5 Å². The molecule has 0 saturated carbocycles. The van der Waals surface area contributed by atoms with E-state index in [4.69, 9.17) is 0 Å². The predicted molar refractivity (Wildman–Crippen MR) is 55.6 cm³/mol. The molecule has 6 heteroatoms. The topological polar surface area (TPSA) is 69.9 Å². The smallest absolute Gasteiger partial charge is 0.358 e. The Morgan fingerprint density at radius 1 is 1.44 bits per heavy atom. The van der Waals surface area contributed by atoms with Crippen LogP contribution in [0.25, 0.3) is 11.4 Å². The Morgan fingerprint density at radius 2 is 2.25 bits per heavy atom. The van der Waals surface area contributed by atoms with Crippen molar-refractivity contribution in [3.05, 3.63) is 30.4 Å². The van der Waals surface area contributed by atoms with Crippen LogP contribution in [0.3, 0.4) is 0 Å². The zero-order chi connectivity index (χ0) is 11.5. The van der Waals surface area contributed by atoms with E-state index in [1.54, 1.807) is 30.2 Å². The lowest BCUT2D eigenvalue weighted by molar-refractivity contribution is 0.0593. The number of esters is 1. The molecule has 0 spiro atoms. The molecule has 6 nitrogen and oxygen atoms in total. The van der Waals surface area contributed by atoms with Gasteiger partial charge in [-0.3, -0.25) is 9.67 Å². The molecule has 2 aromatic heterocycles. The first-order chi connectivity index (χ1) is 7.72. The number of rotatable bonds is 2. The van der Waals surface area contributed by atoms with Crippen LogP contribution in [0.4, 0.5) is 0 Å². The molecule has 0 radical (unpaired) electrons. The van der Waals surface area contributed by atoms with Gasteiger partial charge in [-0.1, -0.05) is 0 Å². The average Bonchev–Trinajstić information content (AvgIpc) is 2.74. The van der Waals surface area contributed by atoms with Crippen molar-refractivity contribution in [2.45, 2.75) is 0 Å². The van der Waals surface area contributed by atoms with Crippen molar-refractivity contribution in [3.63, 3.8) is 0 Å². The molecule has 0 saturated heterocycles. The van der Waals surface area contributed by atoms with Crippen LogP contribution in [0.5, 0.6) is 0 Å². The lowest BCUT2D eigenvalue weighted by atomic mass is 10.3. The number of nitrogens with zero attached hydrogens (tertiary/aromatic N) is 4. The van der Waals surface area contributed by atoms with Gasteiger partial charge in [0, 0.05) is 13.2 Å². The highest BCUT2D eigenvalue weighted by Gasteiger charge is 2.11. The van der Waals surface area contributed by atoms with Crippen LogP contribution < -0.4 is 0 Å². The van der Waals surface area contributed by atoms with E-state index < -0.39 is 5.97 Å². The van der Waals surface area contributed by atoms with Crippen molar-refractivity contribution in [1.29, 1.82) is 0 Å². The lowest BCUT2D eigenvalue weighted by Crippen LogP contribution is -2.06. The fourth-order valence-corrected chi connectivity index (χ4v) is 1.32. The largest absolute Gasteiger partial charge is 0.464 e. The summed E-state index contributed by atoms with van der Waals surface area (Å²) in [7, 11) is 3.10. The van der Waals surface area contributed by atoms with Gasteiger partial charge < -0.3 is 4.74 Å². The maximum absolute atomic E-state index is 11.3. The fourth-order valence-electron chi connectivity index (χ4n) is 1.32.